The number of halogens is 1. The van der Waals surface area contributed by atoms with Gasteiger partial charge < -0.3 is 34.4 Å². The van der Waals surface area contributed by atoms with Crippen LogP contribution in [0.3, 0.4) is 0 Å². The lowest BCUT2D eigenvalue weighted by Gasteiger charge is -2.43. The fourth-order valence-corrected chi connectivity index (χ4v) is 4.18. The molecule has 4 rings (SSSR count). The summed E-state index contributed by atoms with van der Waals surface area (Å²) in [4.78, 5) is 14.5. The molecule has 2 aromatic rings. The van der Waals surface area contributed by atoms with Gasteiger partial charge in [0.25, 0.3) is 5.91 Å². The first-order valence-electron chi connectivity index (χ1n) is 11.3. The first kappa shape index (κ1) is 24.6. The van der Waals surface area contributed by atoms with Gasteiger partial charge in [-0.1, -0.05) is 6.07 Å². The summed E-state index contributed by atoms with van der Waals surface area (Å²) in [7, 11) is 0. The molecule has 1 amide bonds. The third kappa shape index (κ3) is 5.08. The van der Waals surface area contributed by atoms with Crippen LogP contribution in [0, 0.1) is 12.7 Å². The minimum Gasteiger partial charge on any atom is -0.461 e. The van der Waals surface area contributed by atoms with Crippen molar-refractivity contribution in [2.24, 2.45) is 0 Å². The van der Waals surface area contributed by atoms with E-state index in [-0.39, 0.29) is 24.5 Å². The highest BCUT2D eigenvalue weighted by molar-refractivity contribution is 5.95. The Morgan fingerprint density at radius 2 is 1.94 bits per heavy atom. The Morgan fingerprint density at radius 3 is 2.62 bits per heavy atom. The van der Waals surface area contributed by atoms with Crippen LogP contribution in [-0.4, -0.2) is 83.1 Å². The molecule has 3 N–H and O–H groups in total. The molecule has 0 aliphatic carbocycles. The quantitative estimate of drug-likeness (QED) is 0.606. The molecular formula is C25H30FNO7. The van der Waals surface area contributed by atoms with Crippen LogP contribution in [0.2, 0.25) is 0 Å². The molecular weight excluding hydrogens is 445 g/mol. The average molecular weight is 476 g/mol. The highest BCUT2D eigenvalue weighted by Crippen LogP contribution is 2.34. The highest BCUT2D eigenvalue weighted by atomic mass is 19.1. The van der Waals surface area contributed by atoms with Gasteiger partial charge in [0.05, 0.1) is 32.0 Å². The lowest BCUT2D eigenvalue weighted by molar-refractivity contribution is -0.283. The number of aryl methyl sites for hydroxylation is 1. The van der Waals surface area contributed by atoms with Gasteiger partial charge in [0.15, 0.2) is 0 Å². The Balaban J connectivity index is 1.56. The van der Waals surface area contributed by atoms with Crippen LogP contribution in [0.15, 0.2) is 36.4 Å². The van der Waals surface area contributed by atoms with Crippen molar-refractivity contribution >= 4 is 5.91 Å². The molecule has 2 heterocycles. The molecule has 2 fully saturated rings. The van der Waals surface area contributed by atoms with Crippen molar-refractivity contribution in [1.82, 2.24) is 4.90 Å². The van der Waals surface area contributed by atoms with Crippen LogP contribution in [0.25, 0.3) is 11.1 Å². The number of morpholine rings is 1. The van der Waals surface area contributed by atoms with E-state index in [0.717, 1.165) is 0 Å². The lowest BCUT2D eigenvalue weighted by Crippen LogP contribution is -2.60. The predicted molar refractivity (Wildman–Crippen MR) is 121 cm³/mol. The second kappa shape index (κ2) is 9.97. The molecule has 4 atom stereocenters. The largest absolute Gasteiger partial charge is 0.461 e. The number of rotatable bonds is 5. The van der Waals surface area contributed by atoms with Gasteiger partial charge in [-0.3, -0.25) is 4.79 Å². The minimum atomic E-state index is -1.67. The second-order valence-electron chi connectivity index (χ2n) is 8.98. The average Bonchev–Trinajstić information content (AvgIpc) is 2.82. The summed E-state index contributed by atoms with van der Waals surface area (Å²) in [5.41, 5.74) is 0.509. The number of hydrogen-bond acceptors (Lipinski definition) is 7. The highest BCUT2D eigenvalue weighted by Gasteiger charge is 2.48. The molecule has 2 aliphatic heterocycles. The molecule has 9 heteroatoms. The van der Waals surface area contributed by atoms with Crippen LogP contribution in [-0.2, 0) is 9.47 Å². The van der Waals surface area contributed by atoms with E-state index in [0.29, 0.717) is 48.7 Å². The summed E-state index contributed by atoms with van der Waals surface area (Å²) in [5.74, 6) is -0.349. The van der Waals surface area contributed by atoms with Gasteiger partial charge in [0, 0.05) is 25.1 Å². The van der Waals surface area contributed by atoms with Gasteiger partial charge in [0.1, 0.15) is 17.2 Å². The Hall–Kier alpha value is -2.56. The first-order chi connectivity index (χ1) is 16.2. The molecule has 0 aromatic heterocycles. The summed E-state index contributed by atoms with van der Waals surface area (Å²) < 4.78 is 31.2. The van der Waals surface area contributed by atoms with Gasteiger partial charge in [-0.2, -0.15) is 0 Å². The van der Waals surface area contributed by atoms with E-state index in [4.69, 9.17) is 14.2 Å². The number of hydrogen-bond donors (Lipinski definition) is 3. The molecule has 34 heavy (non-hydrogen) atoms. The fourth-order valence-electron chi connectivity index (χ4n) is 4.18. The molecule has 184 valence electrons. The number of benzene rings is 2. The third-order valence-corrected chi connectivity index (χ3v) is 6.34. The SMILES string of the molecule is Cc1cc(-c2cc(F)cc(C(=O)N3CCOCC3)c2)ccc1O[C@H]1O[C@H](CO)C[C@H](O)[C@]1(C)O. The van der Waals surface area contributed by atoms with E-state index in [2.05, 4.69) is 0 Å². The van der Waals surface area contributed by atoms with Gasteiger partial charge in [0.2, 0.25) is 6.29 Å². The molecule has 2 aromatic carbocycles. The van der Waals surface area contributed by atoms with E-state index in [1.165, 1.54) is 19.1 Å². The maximum Gasteiger partial charge on any atom is 0.254 e. The summed E-state index contributed by atoms with van der Waals surface area (Å²) in [6, 6.07) is 9.42. The second-order valence-corrected chi connectivity index (χ2v) is 8.98. The van der Waals surface area contributed by atoms with E-state index < -0.39 is 29.9 Å². The van der Waals surface area contributed by atoms with Crippen molar-refractivity contribution in [2.75, 3.05) is 32.9 Å². The fraction of sp³-hybridized carbons (Fsp3) is 0.480. The van der Waals surface area contributed by atoms with Crippen LogP contribution < -0.4 is 4.74 Å². The Labute approximate surface area is 197 Å². The lowest BCUT2D eigenvalue weighted by atomic mass is 9.90. The number of carbonyl (C=O) groups is 1. The minimum absolute atomic E-state index is 0.0896. The number of ether oxygens (including phenoxy) is 3. The number of amides is 1. The molecule has 0 bridgehead atoms. The van der Waals surface area contributed by atoms with Crippen molar-refractivity contribution in [3.63, 3.8) is 0 Å². The van der Waals surface area contributed by atoms with Crippen molar-refractivity contribution in [3.05, 3.63) is 53.3 Å². The van der Waals surface area contributed by atoms with Gasteiger partial charge in [-0.15, -0.1) is 0 Å². The van der Waals surface area contributed by atoms with Crippen molar-refractivity contribution in [1.29, 1.82) is 0 Å². The van der Waals surface area contributed by atoms with Crippen molar-refractivity contribution in [3.8, 4) is 16.9 Å². The van der Waals surface area contributed by atoms with E-state index >= 15 is 0 Å². The Bertz CT molecular complexity index is 1040. The van der Waals surface area contributed by atoms with Crippen LogP contribution >= 0.6 is 0 Å². The topological polar surface area (TPSA) is 109 Å². The Morgan fingerprint density at radius 1 is 1.21 bits per heavy atom. The summed E-state index contributed by atoms with van der Waals surface area (Å²) in [6.07, 6.45) is -2.89. The van der Waals surface area contributed by atoms with E-state index in [1.54, 1.807) is 36.1 Å². The standard InChI is InChI=1S/C25H30FNO7/c1-15-9-16(3-4-21(15)34-24-25(2,31)22(29)13-20(14-28)33-24)17-10-18(12-19(26)11-17)23(30)27-5-7-32-8-6-27/h3-4,9-12,20,22,24,28-29,31H,5-8,13-14H2,1-2H3/t20-,22-,24+,25-/m0/s1. The molecule has 8 nitrogen and oxygen atoms in total. The maximum absolute atomic E-state index is 14.4. The van der Waals surface area contributed by atoms with Gasteiger partial charge in [-0.25, -0.2) is 4.39 Å². The zero-order valence-corrected chi connectivity index (χ0v) is 19.2. The zero-order chi connectivity index (χ0) is 24.5. The van der Waals surface area contributed by atoms with Crippen molar-refractivity contribution < 1.29 is 38.7 Å². The van der Waals surface area contributed by atoms with Gasteiger partial charge >= 0.3 is 0 Å². The smallest absolute Gasteiger partial charge is 0.254 e. The summed E-state index contributed by atoms with van der Waals surface area (Å²) >= 11 is 0. The molecule has 2 aliphatic rings. The maximum atomic E-state index is 14.4. The number of aliphatic hydroxyl groups is 3. The molecule has 0 radical (unpaired) electrons. The molecule has 0 unspecified atom stereocenters. The normalized spacial score (nSPS) is 27.5. The summed E-state index contributed by atoms with van der Waals surface area (Å²) in [5, 5.41) is 30.3. The molecule has 2 saturated heterocycles. The van der Waals surface area contributed by atoms with E-state index in [1.807, 2.05) is 0 Å². The molecule has 0 saturated carbocycles. The van der Waals surface area contributed by atoms with Crippen molar-refractivity contribution in [2.45, 2.75) is 44.4 Å². The van der Waals surface area contributed by atoms with Crippen LogP contribution in [0.4, 0.5) is 4.39 Å². The summed E-state index contributed by atoms with van der Waals surface area (Å²) in [6.45, 7) is 4.75. The monoisotopic (exact) mass is 475 g/mol. The van der Waals surface area contributed by atoms with Crippen LogP contribution in [0.5, 0.6) is 5.75 Å². The van der Waals surface area contributed by atoms with Gasteiger partial charge in [-0.05, 0) is 60.9 Å². The number of carbonyl (C=O) groups excluding carboxylic acids is 1. The predicted octanol–water partition coefficient (Wildman–Crippen LogP) is 1.87. The third-order valence-electron chi connectivity index (χ3n) is 6.34. The first-order valence-corrected chi connectivity index (χ1v) is 11.3. The number of aliphatic hydroxyl groups excluding tert-OH is 2. The Kier molecular flexibility index (Phi) is 7.20. The zero-order valence-electron chi connectivity index (χ0n) is 19.2. The molecule has 0 spiro atoms. The number of nitrogens with zero attached hydrogens (tertiary/aromatic N) is 1. The van der Waals surface area contributed by atoms with Crippen LogP contribution in [0.1, 0.15) is 29.3 Å². The van der Waals surface area contributed by atoms with E-state index in [9.17, 15) is 24.5 Å².